The highest BCUT2D eigenvalue weighted by atomic mass is 35.5. The minimum atomic E-state index is -0.506. The number of nitrogens with one attached hydrogen (secondary N) is 1. The Morgan fingerprint density at radius 2 is 1.90 bits per heavy atom. The lowest BCUT2D eigenvalue weighted by atomic mass is 10.1. The molecule has 3 rings (SSSR count). The predicted molar refractivity (Wildman–Crippen MR) is 79.1 cm³/mol. The Kier molecular flexibility index (Phi) is 3.24. The smallest absolute Gasteiger partial charge is 0.152 e. The molecule has 0 spiro atoms. The van der Waals surface area contributed by atoms with E-state index in [2.05, 4.69) is 4.98 Å². The summed E-state index contributed by atoms with van der Waals surface area (Å²) in [7, 11) is 0. The van der Waals surface area contributed by atoms with Crippen molar-refractivity contribution in [1.82, 2.24) is 4.98 Å². The Bertz CT molecular complexity index is 826. The summed E-state index contributed by atoms with van der Waals surface area (Å²) in [5.74, 6) is -0.506. The van der Waals surface area contributed by atoms with Crippen LogP contribution in [0.1, 0.15) is 10.4 Å². The summed E-state index contributed by atoms with van der Waals surface area (Å²) in [6, 6.07) is 9.81. The number of benzene rings is 2. The van der Waals surface area contributed by atoms with Crippen LogP contribution in [0, 0.1) is 5.82 Å². The molecule has 0 aliphatic carbocycles. The summed E-state index contributed by atoms with van der Waals surface area (Å²) < 4.78 is 13.9. The molecule has 3 aromatic rings. The number of aromatic nitrogens is 1. The molecule has 1 aromatic heterocycles. The van der Waals surface area contributed by atoms with Gasteiger partial charge in [0, 0.05) is 26.6 Å². The van der Waals surface area contributed by atoms with E-state index in [1.54, 1.807) is 30.3 Å². The number of carbonyl (C=O) groups excluding carboxylic acids is 1. The van der Waals surface area contributed by atoms with Crippen molar-refractivity contribution in [3.63, 3.8) is 0 Å². The lowest BCUT2D eigenvalue weighted by molar-refractivity contribution is 0.112. The van der Waals surface area contributed by atoms with Crippen LogP contribution in [0.3, 0.4) is 0 Å². The highest BCUT2D eigenvalue weighted by Crippen LogP contribution is 2.35. The molecular weight excluding hydrogens is 300 g/mol. The number of H-pyrrole nitrogens is 1. The van der Waals surface area contributed by atoms with Crippen LogP contribution >= 0.6 is 23.2 Å². The van der Waals surface area contributed by atoms with E-state index in [0.717, 1.165) is 0 Å². The summed E-state index contributed by atoms with van der Waals surface area (Å²) in [6.45, 7) is 0. The summed E-state index contributed by atoms with van der Waals surface area (Å²) in [5, 5.41) is 1.16. The van der Waals surface area contributed by atoms with Crippen molar-refractivity contribution in [1.29, 1.82) is 0 Å². The van der Waals surface area contributed by atoms with E-state index < -0.39 is 5.82 Å². The average Bonchev–Trinajstić information content (AvgIpc) is 2.77. The molecule has 0 saturated heterocycles. The van der Waals surface area contributed by atoms with Crippen molar-refractivity contribution < 1.29 is 9.18 Å². The standard InChI is InChI=1S/C15H8Cl2FNO/c16-8-5-10-11(7-20)14(19-15(10)13(18)6-8)9-3-1-2-4-12(9)17/h1-7,19H. The lowest BCUT2D eigenvalue weighted by Crippen LogP contribution is -1.85. The molecule has 0 amide bonds. The number of halogens is 3. The van der Waals surface area contributed by atoms with Crippen molar-refractivity contribution in [2.75, 3.05) is 0 Å². The van der Waals surface area contributed by atoms with Gasteiger partial charge in [-0.1, -0.05) is 41.4 Å². The predicted octanol–water partition coefficient (Wildman–Crippen LogP) is 5.09. The molecule has 0 saturated carbocycles. The van der Waals surface area contributed by atoms with Crippen LogP contribution in [0.15, 0.2) is 36.4 Å². The second-order valence-corrected chi connectivity index (χ2v) is 5.17. The molecule has 2 nitrogen and oxygen atoms in total. The lowest BCUT2D eigenvalue weighted by Gasteiger charge is -2.02. The van der Waals surface area contributed by atoms with Crippen molar-refractivity contribution in [3.05, 3.63) is 57.8 Å². The molecule has 2 aromatic carbocycles. The number of aldehydes is 1. The zero-order valence-electron chi connectivity index (χ0n) is 10.1. The van der Waals surface area contributed by atoms with Crippen molar-refractivity contribution in [2.24, 2.45) is 0 Å². The molecule has 5 heteroatoms. The maximum Gasteiger partial charge on any atom is 0.152 e. The monoisotopic (exact) mass is 307 g/mol. The van der Waals surface area contributed by atoms with Gasteiger partial charge in [-0.3, -0.25) is 4.79 Å². The molecule has 0 aliphatic heterocycles. The molecule has 0 bridgehead atoms. The zero-order chi connectivity index (χ0) is 14.3. The van der Waals surface area contributed by atoms with Crippen LogP contribution in [0.4, 0.5) is 4.39 Å². The van der Waals surface area contributed by atoms with Gasteiger partial charge in [0.05, 0.1) is 11.2 Å². The first-order valence-corrected chi connectivity index (χ1v) is 6.58. The molecular formula is C15H8Cl2FNO. The third-order valence-corrected chi connectivity index (χ3v) is 3.67. The third kappa shape index (κ3) is 1.99. The van der Waals surface area contributed by atoms with E-state index in [1.165, 1.54) is 6.07 Å². The Labute approximate surface area is 124 Å². The molecule has 0 aliphatic rings. The van der Waals surface area contributed by atoms with Gasteiger partial charge in [0.25, 0.3) is 0 Å². The number of aromatic amines is 1. The van der Waals surface area contributed by atoms with Gasteiger partial charge in [-0.15, -0.1) is 0 Å². The minimum absolute atomic E-state index is 0.239. The van der Waals surface area contributed by atoms with Crippen LogP contribution < -0.4 is 0 Å². The summed E-state index contributed by atoms with van der Waals surface area (Å²) in [5.41, 5.74) is 1.71. The van der Waals surface area contributed by atoms with Crippen LogP contribution in [0.5, 0.6) is 0 Å². The fourth-order valence-electron chi connectivity index (χ4n) is 2.24. The molecule has 20 heavy (non-hydrogen) atoms. The molecule has 0 unspecified atom stereocenters. The Balaban J connectivity index is 2.40. The van der Waals surface area contributed by atoms with Gasteiger partial charge in [-0.05, 0) is 18.2 Å². The number of rotatable bonds is 2. The Morgan fingerprint density at radius 1 is 1.15 bits per heavy atom. The summed E-state index contributed by atoms with van der Waals surface area (Å²) in [6.07, 6.45) is 0.674. The molecule has 0 atom stereocenters. The second kappa shape index (κ2) is 4.93. The van der Waals surface area contributed by atoms with Crippen molar-refractivity contribution in [2.45, 2.75) is 0 Å². The number of fused-ring (bicyclic) bond motifs is 1. The van der Waals surface area contributed by atoms with Gasteiger partial charge in [-0.2, -0.15) is 0 Å². The van der Waals surface area contributed by atoms with Crippen LogP contribution in [0.25, 0.3) is 22.2 Å². The molecule has 1 N–H and O–H groups in total. The fourth-order valence-corrected chi connectivity index (χ4v) is 2.67. The summed E-state index contributed by atoms with van der Waals surface area (Å²) >= 11 is 12.0. The van der Waals surface area contributed by atoms with Crippen molar-refractivity contribution >= 4 is 40.4 Å². The maximum absolute atomic E-state index is 13.9. The highest BCUT2D eigenvalue weighted by molar-refractivity contribution is 6.34. The SMILES string of the molecule is O=Cc1c(-c2ccccc2Cl)[nH]c2c(F)cc(Cl)cc12. The zero-order valence-corrected chi connectivity index (χ0v) is 11.6. The molecule has 0 fully saturated rings. The first-order chi connectivity index (χ1) is 9.61. The van der Waals surface area contributed by atoms with Gasteiger partial charge >= 0.3 is 0 Å². The fraction of sp³-hybridized carbons (Fsp3) is 0. The van der Waals surface area contributed by atoms with E-state index in [0.29, 0.717) is 33.5 Å². The number of hydrogen-bond donors (Lipinski definition) is 1. The largest absolute Gasteiger partial charge is 0.351 e. The summed E-state index contributed by atoms with van der Waals surface area (Å²) in [4.78, 5) is 14.3. The minimum Gasteiger partial charge on any atom is -0.351 e. The van der Waals surface area contributed by atoms with E-state index in [4.69, 9.17) is 23.2 Å². The van der Waals surface area contributed by atoms with Gasteiger partial charge in [0.1, 0.15) is 5.82 Å². The molecule has 0 radical (unpaired) electrons. The molecule has 100 valence electrons. The second-order valence-electron chi connectivity index (χ2n) is 4.32. The van der Waals surface area contributed by atoms with E-state index in [1.807, 2.05) is 0 Å². The first kappa shape index (κ1) is 13.2. The maximum atomic E-state index is 13.9. The van der Waals surface area contributed by atoms with Gasteiger partial charge in [-0.25, -0.2) is 4.39 Å². The average molecular weight is 308 g/mol. The van der Waals surface area contributed by atoms with Crippen LogP contribution in [0.2, 0.25) is 10.0 Å². The van der Waals surface area contributed by atoms with E-state index in [9.17, 15) is 9.18 Å². The number of hydrogen-bond acceptors (Lipinski definition) is 1. The van der Waals surface area contributed by atoms with Crippen LogP contribution in [-0.2, 0) is 0 Å². The van der Waals surface area contributed by atoms with E-state index in [-0.39, 0.29) is 10.5 Å². The van der Waals surface area contributed by atoms with Gasteiger partial charge in [0.15, 0.2) is 6.29 Å². The Hall–Kier alpha value is -1.84. The van der Waals surface area contributed by atoms with E-state index >= 15 is 0 Å². The quantitative estimate of drug-likeness (QED) is 0.657. The third-order valence-electron chi connectivity index (χ3n) is 3.13. The van der Waals surface area contributed by atoms with Crippen molar-refractivity contribution in [3.8, 4) is 11.3 Å². The topological polar surface area (TPSA) is 32.9 Å². The Morgan fingerprint density at radius 3 is 2.60 bits per heavy atom. The highest BCUT2D eigenvalue weighted by Gasteiger charge is 2.17. The molecule has 1 heterocycles. The van der Waals surface area contributed by atoms with Gasteiger partial charge < -0.3 is 4.98 Å². The number of carbonyl (C=O) groups is 1. The first-order valence-electron chi connectivity index (χ1n) is 5.82. The van der Waals surface area contributed by atoms with Crippen LogP contribution in [-0.4, -0.2) is 11.3 Å². The van der Waals surface area contributed by atoms with Gasteiger partial charge in [0.2, 0.25) is 0 Å². The normalized spacial score (nSPS) is 10.9.